The molecule has 0 amide bonds. The maximum Gasteiger partial charge on any atom is 0.0489 e. The fourth-order valence-corrected chi connectivity index (χ4v) is 1.26. The molecule has 0 aromatic carbocycles. The molecule has 0 saturated carbocycles. The average Bonchev–Trinajstić information content (AvgIpc) is 2.75. The Balaban J connectivity index is 1.76. The van der Waals surface area contributed by atoms with Crippen LogP contribution in [0.25, 0.3) is 0 Å². The van der Waals surface area contributed by atoms with Crippen LogP contribution in [0.4, 0.5) is 0 Å². The molecule has 0 radical (unpaired) electrons. The van der Waals surface area contributed by atoms with Crippen molar-refractivity contribution in [3.05, 3.63) is 36.9 Å². The highest BCUT2D eigenvalue weighted by molar-refractivity contribution is 4.79. The minimum atomic E-state index is 0.951. The Morgan fingerprint density at radius 1 is 0.846 bits per heavy atom. The smallest absolute Gasteiger partial charge is 0.0489 e. The van der Waals surface area contributed by atoms with Crippen molar-refractivity contribution in [3.63, 3.8) is 0 Å². The van der Waals surface area contributed by atoms with Gasteiger partial charge in [-0.15, -0.1) is 0 Å². The summed E-state index contributed by atoms with van der Waals surface area (Å²) < 4.78 is 3.87. The van der Waals surface area contributed by atoms with Gasteiger partial charge in [-0.25, -0.2) is 0 Å². The van der Waals surface area contributed by atoms with E-state index in [9.17, 15) is 0 Å². The molecule has 0 bridgehead atoms. The normalized spacial score (nSPS) is 10.5. The largest absolute Gasteiger partial charge is 0.273 e. The molecule has 0 aliphatic heterocycles. The van der Waals surface area contributed by atoms with E-state index < -0.39 is 0 Å². The van der Waals surface area contributed by atoms with Crippen LogP contribution in [-0.2, 0) is 13.1 Å². The molecule has 0 aliphatic rings. The highest BCUT2D eigenvalue weighted by Gasteiger charge is 1.92. The predicted molar refractivity (Wildman–Crippen MR) is 49.1 cm³/mol. The summed E-state index contributed by atoms with van der Waals surface area (Å²) in [5.41, 5.74) is 0. The molecule has 2 rings (SSSR count). The van der Waals surface area contributed by atoms with Crippen LogP contribution in [0, 0.1) is 0 Å². The van der Waals surface area contributed by atoms with Gasteiger partial charge in [0.05, 0.1) is 0 Å². The molecule has 13 heavy (non-hydrogen) atoms. The number of nitrogens with zero attached hydrogens (tertiary/aromatic N) is 4. The second-order valence-electron chi connectivity index (χ2n) is 2.89. The standard InChI is InChI=1S/C9H12N4/c1-4-10-12(6-1)8-3-9-13-7-2-5-11-13/h1-2,4-7H,3,8-9H2. The number of hydrogen-bond acceptors (Lipinski definition) is 2. The zero-order valence-electron chi connectivity index (χ0n) is 7.37. The molecule has 2 heterocycles. The van der Waals surface area contributed by atoms with Gasteiger partial charge in [0.1, 0.15) is 0 Å². The van der Waals surface area contributed by atoms with Crippen LogP contribution in [0.1, 0.15) is 6.42 Å². The lowest BCUT2D eigenvalue weighted by Gasteiger charge is -2.01. The number of aryl methyl sites for hydroxylation is 2. The Morgan fingerprint density at radius 3 is 1.77 bits per heavy atom. The van der Waals surface area contributed by atoms with Crippen LogP contribution in [0.15, 0.2) is 36.9 Å². The van der Waals surface area contributed by atoms with Crippen LogP contribution < -0.4 is 0 Å². The third-order valence-corrected chi connectivity index (χ3v) is 1.89. The van der Waals surface area contributed by atoms with Crippen LogP contribution in [-0.4, -0.2) is 19.6 Å². The maximum atomic E-state index is 4.12. The van der Waals surface area contributed by atoms with Gasteiger partial charge in [0.2, 0.25) is 0 Å². The van der Waals surface area contributed by atoms with Crippen LogP contribution in [0.3, 0.4) is 0 Å². The third kappa shape index (κ3) is 2.18. The van der Waals surface area contributed by atoms with E-state index in [0.29, 0.717) is 0 Å². The van der Waals surface area contributed by atoms with E-state index in [4.69, 9.17) is 0 Å². The lowest BCUT2D eigenvalue weighted by molar-refractivity contribution is 0.501. The Kier molecular flexibility index (Phi) is 2.40. The van der Waals surface area contributed by atoms with Gasteiger partial charge in [-0.1, -0.05) is 0 Å². The topological polar surface area (TPSA) is 35.6 Å². The van der Waals surface area contributed by atoms with Gasteiger partial charge in [0.25, 0.3) is 0 Å². The molecule has 4 heteroatoms. The molecule has 2 aromatic rings. The molecule has 0 spiro atoms. The first-order valence-corrected chi connectivity index (χ1v) is 4.40. The first kappa shape index (κ1) is 8.04. The van der Waals surface area contributed by atoms with Crippen molar-refractivity contribution in [1.82, 2.24) is 19.6 Å². The Bertz CT molecular complexity index is 288. The number of aromatic nitrogens is 4. The van der Waals surface area contributed by atoms with Gasteiger partial charge in [-0.3, -0.25) is 9.36 Å². The highest BCUT2D eigenvalue weighted by Crippen LogP contribution is 1.93. The summed E-state index contributed by atoms with van der Waals surface area (Å²) in [6.07, 6.45) is 8.61. The summed E-state index contributed by atoms with van der Waals surface area (Å²) in [4.78, 5) is 0. The van der Waals surface area contributed by atoms with E-state index in [-0.39, 0.29) is 0 Å². The SMILES string of the molecule is c1cnn(CCCn2cccn2)c1. The van der Waals surface area contributed by atoms with E-state index in [1.807, 2.05) is 33.9 Å². The minimum Gasteiger partial charge on any atom is -0.273 e. The predicted octanol–water partition coefficient (Wildman–Crippen LogP) is 1.17. The van der Waals surface area contributed by atoms with Crippen molar-refractivity contribution in [2.75, 3.05) is 0 Å². The lowest BCUT2D eigenvalue weighted by Crippen LogP contribution is -2.04. The van der Waals surface area contributed by atoms with E-state index in [2.05, 4.69) is 10.2 Å². The zero-order chi connectivity index (χ0) is 8.93. The molecule has 4 nitrogen and oxygen atoms in total. The fourth-order valence-electron chi connectivity index (χ4n) is 1.26. The summed E-state index contributed by atoms with van der Waals surface area (Å²) >= 11 is 0. The summed E-state index contributed by atoms with van der Waals surface area (Å²) in [7, 11) is 0. The van der Waals surface area contributed by atoms with Crippen molar-refractivity contribution in [3.8, 4) is 0 Å². The second kappa shape index (κ2) is 3.89. The minimum absolute atomic E-state index is 0.951. The third-order valence-electron chi connectivity index (χ3n) is 1.89. The Hall–Kier alpha value is -1.58. The van der Waals surface area contributed by atoms with Crippen LogP contribution in [0.5, 0.6) is 0 Å². The summed E-state index contributed by atoms with van der Waals surface area (Å²) in [5, 5.41) is 8.24. The van der Waals surface area contributed by atoms with Gasteiger partial charge in [0.15, 0.2) is 0 Å². The van der Waals surface area contributed by atoms with E-state index in [0.717, 1.165) is 19.5 Å². The van der Waals surface area contributed by atoms with Gasteiger partial charge in [-0.05, 0) is 18.6 Å². The van der Waals surface area contributed by atoms with Crippen molar-refractivity contribution in [1.29, 1.82) is 0 Å². The molecule has 0 atom stereocenters. The molecule has 0 unspecified atom stereocenters. The van der Waals surface area contributed by atoms with Crippen molar-refractivity contribution in [2.24, 2.45) is 0 Å². The first-order valence-electron chi connectivity index (χ1n) is 4.40. The first-order chi connectivity index (χ1) is 6.45. The number of hydrogen-bond donors (Lipinski definition) is 0. The van der Waals surface area contributed by atoms with E-state index >= 15 is 0 Å². The monoisotopic (exact) mass is 176 g/mol. The van der Waals surface area contributed by atoms with Crippen molar-refractivity contribution in [2.45, 2.75) is 19.5 Å². The van der Waals surface area contributed by atoms with Crippen LogP contribution in [0.2, 0.25) is 0 Å². The molecule has 0 saturated heterocycles. The molecular weight excluding hydrogens is 164 g/mol. The summed E-state index contributed by atoms with van der Waals surface area (Å²) in [6.45, 7) is 1.90. The quantitative estimate of drug-likeness (QED) is 0.701. The molecule has 0 N–H and O–H groups in total. The molecule has 68 valence electrons. The van der Waals surface area contributed by atoms with Crippen molar-refractivity contribution < 1.29 is 0 Å². The average molecular weight is 176 g/mol. The summed E-state index contributed by atoms with van der Waals surface area (Å²) in [5.74, 6) is 0. The van der Waals surface area contributed by atoms with Crippen LogP contribution >= 0.6 is 0 Å². The highest BCUT2D eigenvalue weighted by atomic mass is 15.3. The maximum absolute atomic E-state index is 4.12. The summed E-state index contributed by atoms with van der Waals surface area (Å²) in [6, 6.07) is 3.88. The van der Waals surface area contributed by atoms with Gasteiger partial charge >= 0.3 is 0 Å². The molecule has 2 aromatic heterocycles. The zero-order valence-corrected chi connectivity index (χ0v) is 7.37. The van der Waals surface area contributed by atoms with Gasteiger partial charge < -0.3 is 0 Å². The van der Waals surface area contributed by atoms with E-state index in [1.165, 1.54) is 0 Å². The number of rotatable bonds is 4. The van der Waals surface area contributed by atoms with Gasteiger partial charge in [-0.2, -0.15) is 10.2 Å². The lowest BCUT2D eigenvalue weighted by atomic mass is 10.4. The molecule has 0 fully saturated rings. The molecule has 0 aliphatic carbocycles. The Morgan fingerprint density at radius 2 is 1.38 bits per heavy atom. The fraction of sp³-hybridized carbons (Fsp3) is 0.333. The van der Waals surface area contributed by atoms with E-state index in [1.54, 1.807) is 12.4 Å². The van der Waals surface area contributed by atoms with Gasteiger partial charge in [0, 0.05) is 37.9 Å². The van der Waals surface area contributed by atoms with Crippen molar-refractivity contribution >= 4 is 0 Å². The second-order valence-corrected chi connectivity index (χ2v) is 2.89. The Labute approximate surface area is 76.8 Å². The molecular formula is C9H12N4.